The quantitative estimate of drug-likeness (QED) is 0.305. The van der Waals surface area contributed by atoms with Gasteiger partial charge in [-0.25, -0.2) is 9.97 Å². The predicted molar refractivity (Wildman–Crippen MR) is 122 cm³/mol. The number of fused-ring (bicyclic) bond motifs is 2. The van der Waals surface area contributed by atoms with Gasteiger partial charge in [0.25, 0.3) is 22.5 Å². The number of nitro groups is 2. The number of aromatic amines is 2. The normalized spacial score (nSPS) is 11.1. The number of aromatic nitrogens is 4. The van der Waals surface area contributed by atoms with Crippen LogP contribution < -0.4 is 11.1 Å². The number of nitrogens with zero attached hydrogens (tertiary/aromatic N) is 4. The molecule has 5 aromatic rings. The van der Waals surface area contributed by atoms with E-state index < -0.39 is 21.0 Å². The molecular formula is C22H12N6O6. The summed E-state index contributed by atoms with van der Waals surface area (Å²) in [5, 5.41) is 22.5. The lowest BCUT2D eigenvalue weighted by Gasteiger charge is -2.06. The SMILES string of the molecule is O=c1[nH]c(-c2ccc(-c3nc4cc([N+](=O)[O-])ccc4c(=O)[nH]3)cc2)nc2cc([N+](=O)[O-])ccc12. The second-order valence-corrected chi connectivity index (χ2v) is 7.32. The Labute approximate surface area is 187 Å². The van der Waals surface area contributed by atoms with Crippen molar-refractivity contribution in [2.45, 2.75) is 0 Å². The molecule has 34 heavy (non-hydrogen) atoms. The van der Waals surface area contributed by atoms with Gasteiger partial charge in [-0.15, -0.1) is 0 Å². The van der Waals surface area contributed by atoms with Crippen LogP contribution in [0.25, 0.3) is 44.6 Å². The van der Waals surface area contributed by atoms with Gasteiger partial charge in [0, 0.05) is 35.4 Å². The number of rotatable bonds is 4. The van der Waals surface area contributed by atoms with Gasteiger partial charge in [-0.2, -0.15) is 0 Å². The molecule has 166 valence electrons. The molecule has 0 bridgehead atoms. The van der Waals surface area contributed by atoms with E-state index in [4.69, 9.17) is 0 Å². The topological polar surface area (TPSA) is 178 Å². The molecule has 12 heteroatoms. The Kier molecular flexibility index (Phi) is 4.68. The summed E-state index contributed by atoms with van der Waals surface area (Å²) in [5.41, 5.74) is 0.151. The third-order valence-electron chi connectivity index (χ3n) is 5.23. The first-order valence-corrected chi connectivity index (χ1v) is 9.78. The summed E-state index contributed by atoms with van der Waals surface area (Å²) in [7, 11) is 0. The van der Waals surface area contributed by atoms with Gasteiger partial charge in [0.2, 0.25) is 0 Å². The molecule has 12 nitrogen and oxygen atoms in total. The molecule has 3 aromatic carbocycles. The van der Waals surface area contributed by atoms with Crippen molar-refractivity contribution in [1.29, 1.82) is 0 Å². The molecule has 5 rings (SSSR count). The number of hydrogen-bond acceptors (Lipinski definition) is 8. The van der Waals surface area contributed by atoms with Crippen LogP contribution in [0.2, 0.25) is 0 Å². The maximum Gasteiger partial charge on any atom is 0.271 e. The van der Waals surface area contributed by atoms with Crippen LogP contribution in [-0.2, 0) is 0 Å². The van der Waals surface area contributed by atoms with Crippen LogP contribution in [0.3, 0.4) is 0 Å². The number of nitro benzene ring substituents is 2. The highest BCUT2D eigenvalue weighted by molar-refractivity contribution is 5.83. The monoisotopic (exact) mass is 456 g/mol. The molecule has 0 unspecified atom stereocenters. The number of H-pyrrole nitrogens is 2. The summed E-state index contributed by atoms with van der Waals surface area (Å²) in [6.07, 6.45) is 0. The molecule has 0 atom stereocenters. The fourth-order valence-corrected chi connectivity index (χ4v) is 3.54. The van der Waals surface area contributed by atoms with Crippen LogP contribution in [0.5, 0.6) is 0 Å². The van der Waals surface area contributed by atoms with Gasteiger partial charge in [0.1, 0.15) is 11.6 Å². The maximum absolute atomic E-state index is 12.4. The van der Waals surface area contributed by atoms with E-state index in [1.54, 1.807) is 24.3 Å². The van der Waals surface area contributed by atoms with Gasteiger partial charge in [-0.1, -0.05) is 24.3 Å². The minimum Gasteiger partial charge on any atom is -0.306 e. The van der Waals surface area contributed by atoms with Crippen molar-refractivity contribution in [2.24, 2.45) is 0 Å². The van der Waals surface area contributed by atoms with Gasteiger partial charge in [0.05, 0.1) is 31.7 Å². The third kappa shape index (κ3) is 3.54. The summed E-state index contributed by atoms with van der Waals surface area (Å²) in [5.74, 6) is 0.417. The van der Waals surface area contributed by atoms with Crippen LogP contribution >= 0.6 is 0 Å². The Balaban J connectivity index is 1.56. The third-order valence-corrected chi connectivity index (χ3v) is 5.23. The Morgan fingerprint density at radius 3 is 1.35 bits per heavy atom. The van der Waals surface area contributed by atoms with Crippen molar-refractivity contribution in [1.82, 2.24) is 19.9 Å². The first-order chi connectivity index (χ1) is 16.3. The number of benzene rings is 3. The van der Waals surface area contributed by atoms with Crippen molar-refractivity contribution in [3.05, 3.63) is 102 Å². The van der Waals surface area contributed by atoms with Gasteiger partial charge < -0.3 is 9.97 Å². The van der Waals surface area contributed by atoms with Gasteiger partial charge in [-0.3, -0.25) is 29.8 Å². The fourth-order valence-electron chi connectivity index (χ4n) is 3.54. The van der Waals surface area contributed by atoms with Crippen molar-refractivity contribution in [2.75, 3.05) is 0 Å². The zero-order valence-corrected chi connectivity index (χ0v) is 17.0. The summed E-state index contributed by atoms with van der Waals surface area (Å²) in [6.45, 7) is 0. The van der Waals surface area contributed by atoms with Crippen LogP contribution in [0.15, 0.2) is 70.3 Å². The van der Waals surface area contributed by atoms with E-state index in [1.165, 1.54) is 36.4 Å². The zero-order valence-electron chi connectivity index (χ0n) is 17.0. The highest BCUT2D eigenvalue weighted by Gasteiger charge is 2.13. The lowest BCUT2D eigenvalue weighted by molar-refractivity contribution is -0.384. The molecule has 0 aliphatic heterocycles. The molecule has 2 heterocycles. The van der Waals surface area contributed by atoms with Crippen LogP contribution in [0.1, 0.15) is 0 Å². The molecule has 2 aromatic heterocycles. The molecule has 0 radical (unpaired) electrons. The summed E-state index contributed by atoms with van der Waals surface area (Å²) in [4.78, 5) is 59.8. The molecule has 0 saturated heterocycles. The molecule has 0 fully saturated rings. The van der Waals surface area contributed by atoms with Crippen molar-refractivity contribution >= 4 is 33.2 Å². The van der Waals surface area contributed by atoms with Crippen LogP contribution in [-0.4, -0.2) is 29.8 Å². The Hall–Kier alpha value is -5.26. The Morgan fingerprint density at radius 2 is 1.00 bits per heavy atom. The first kappa shape index (κ1) is 20.6. The number of nitrogens with one attached hydrogen (secondary N) is 2. The van der Waals surface area contributed by atoms with E-state index in [-0.39, 0.29) is 44.8 Å². The molecular weight excluding hydrogens is 444 g/mol. The van der Waals surface area contributed by atoms with Gasteiger partial charge in [0.15, 0.2) is 0 Å². The van der Waals surface area contributed by atoms with Crippen LogP contribution in [0, 0.1) is 20.2 Å². The number of hydrogen-bond donors (Lipinski definition) is 2. The molecule has 0 aliphatic carbocycles. The van der Waals surface area contributed by atoms with Crippen molar-refractivity contribution in [3.63, 3.8) is 0 Å². The Morgan fingerprint density at radius 1 is 0.618 bits per heavy atom. The van der Waals surface area contributed by atoms with E-state index in [0.29, 0.717) is 11.1 Å². The predicted octanol–water partition coefficient (Wildman–Crippen LogP) is 3.31. The van der Waals surface area contributed by atoms with Crippen molar-refractivity contribution in [3.8, 4) is 22.8 Å². The smallest absolute Gasteiger partial charge is 0.271 e. The maximum atomic E-state index is 12.4. The number of non-ortho nitro benzene ring substituents is 2. The molecule has 0 aliphatic rings. The molecule has 2 N–H and O–H groups in total. The minimum absolute atomic E-state index is 0.180. The van der Waals surface area contributed by atoms with E-state index in [9.17, 15) is 29.8 Å². The van der Waals surface area contributed by atoms with Gasteiger partial charge in [-0.05, 0) is 12.1 Å². The second kappa shape index (κ2) is 7.70. The van der Waals surface area contributed by atoms with Crippen LogP contribution in [0.4, 0.5) is 11.4 Å². The van der Waals surface area contributed by atoms with Gasteiger partial charge >= 0.3 is 0 Å². The first-order valence-electron chi connectivity index (χ1n) is 9.78. The van der Waals surface area contributed by atoms with E-state index in [0.717, 1.165) is 0 Å². The van der Waals surface area contributed by atoms with Crippen molar-refractivity contribution < 1.29 is 9.85 Å². The molecule has 0 amide bonds. The lowest BCUT2D eigenvalue weighted by Crippen LogP contribution is -2.10. The second-order valence-electron chi connectivity index (χ2n) is 7.32. The molecule has 0 saturated carbocycles. The summed E-state index contributed by atoms with van der Waals surface area (Å²) < 4.78 is 0. The van der Waals surface area contributed by atoms with E-state index in [1.807, 2.05) is 0 Å². The average molecular weight is 456 g/mol. The zero-order chi connectivity index (χ0) is 24.0. The van der Waals surface area contributed by atoms with E-state index in [2.05, 4.69) is 19.9 Å². The standard InChI is InChI=1S/C22H12N6O6/c29-21-15-7-5-13(27(31)32)9-17(15)23-19(25-21)11-1-2-12(4-3-11)20-24-18-10-14(28(33)34)6-8-16(18)22(30)26-20/h1-10H,(H,23,25,29)(H,24,26,30). The summed E-state index contributed by atoms with van der Waals surface area (Å²) >= 11 is 0. The fraction of sp³-hybridized carbons (Fsp3) is 0. The highest BCUT2D eigenvalue weighted by Crippen LogP contribution is 2.24. The average Bonchev–Trinajstić information content (AvgIpc) is 2.83. The highest BCUT2D eigenvalue weighted by atomic mass is 16.6. The minimum atomic E-state index is -0.567. The Bertz CT molecular complexity index is 1630. The van der Waals surface area contributed by atoms with E-state index >= 15 is 0 Å². The lowest BCUT2D eigenvalue weighted by atomic mass is 10.1. The summed E-state index contributed by atoms with van der Waals surface area (Å²) in [6, 6.07) is 14.2. The molecule has 0 spiro atoms. The largest absolute Gasteiger partial charge is 0.306 e.